The molecule has 7 nitrogen and oxygen atoms in total. The lowest BCUT2D eigenvalue weighted by Crippen LogP contribution is -2.29. The molecule has 0 atom stereocenters. The summed E-state index contributed by atoms with van der Waals surface area (Å²) in [4.78, 5) is 31.6. The van der Waals surface area contributed by atoms with Gasteiger partial charge in [0.05, 0.1) is 23.7 Å². The van der Waals surface area contributed by atoms with E-state index in [1.54, 1.807) is 18.5 Å². The van der Waals surface area contributed by atoms with Gasteiger partial charge in [0.1, 0.15) is 5.65 Å². The molecule has 1 aliphatic carbocycles. The number of H-pyrrole nitrogens is 1. The van der Waals surface area contributed by atoms with E-state index in [4.69, 9.17) is 10.5 Å². The van der Waals surface area contributed by atoms with E-state index in [0.29, 0.717) is 34.7 Å². The summed E-state index contributed by atoms with van der Waals surface area (Å²) < 4.78 is 4.79. The normalized spacial score (nSPS) is 20.8. The van der Waals surface area contributed by atoms with Crippen LogP contribution < -0.4 is 11.1 Å². The standard InChI is InChI=1S/C17H22N4O3/c1-24-17(23)12-9-20-15-14(12)13(6-7-19-15)21-16(22)11-4-2-10(8-18)3-5-11/h6-7,9-11H,2-5,8,18H2,1H3,(H2,19,20,21,22). The zero-order chi connectivity index (χ0) is 17.1. The van der Waals surface area contributed by atoms with Gasteiger partial charge < -0.3 is 20.8 Å². The van der Waals surface area contributed by atoms with Gasteiger partial charge in [0.15, 0.2) is 0 Å². The molecule has 1 saturated carbocycles. The molecule has 0 unspecified atom stereocenters. The molecule has 2 heterocycles. The predicted molar refractivity (Wildman–Crippen MR) is 90.6 cm³/mol. The maximum Gasteiger partial charge on any atom is 0.340 e. The minimum absolute atomic E-state index is 0.0171. The number of fused-ring (bicyclic) bond motifs is 1. The van der Waals surface area contributed by atoms with Crippen molar-refractivity contribution >= 4 is 28.6 Å². The van der Waals surface area contributed by atoms with Gasteiger partial charge in [-0.3, -0.25) is 4.79 Å². The van der Waals surface area contributed by atoms with Crippen LogP contribution in [0.3, 0.4) is 0 Å². The monoisotopic (exact) mass is 330 g/mol. The maximum atomic E-state index is 12.6. The second-order valence-electron chi connectivity index (χ2n) is 6.22. The van der Waals surface area contributed by atoms with Gasteiger partial charge in [0.25, 0.3) is 0 Å². The van der Waals surface area contributed by atoms with Crippen molar-refractivity contribution in [1.29, 1.82) is 0 Å². The molecule has 128 valence electrons. The molecule has 0 radical (unpaired) electrons. The molecule has 3 rings (SSSR count). The third kappa shape index (κ3) is 3.12. The van der Waals surface area contributed by atoms with Crippen LogP contribution in [0.5, 0.6) is 0 Å². The second kappa shape index (κ2) is 7.00. The average Bonchev–Trinajstić information content (AvgIpc) is 3.06. The Labute approximate surface area is 140 Å². The predicted octanol–water partition coefficient (Wildman–Crippen LogP) is 2.05. The third-order valence-electron chi connectivity index (χ3n) is 4.79. The zero-order valence-electron chi connectivity index (χ0n) is 13.7. The molecule has 1 amide bonds. The first-order valence-corrected chi connectivity index (χ1v) is 8.19. The Morgan fingerprint density at radius 3 is 2.79 bits per heavy atom. The van der Waals surface area contributed by atoms with Crippen LogP contribution in [0, 0.1) is 11.8 Å². The Balaban J connectivity index is 1.81. The molecular formula is C17H22N4O3. The number of amides is 1. The Kier molecular flexibility index (Phi) is 4.80. The van der Waals surface area contributed by atoms with E-state index in [1.165, 1.54) is 7.11 Å². The first-order chi connectivity index (χ1) is 11.6. The highest BCUT2D eigenvalue weighted by atomic mass is 16.5. The number of carbonyl (C=O) groups is 2. The largest absolute Gasteiger partial charge is 0.465 e. The van der Waals surface area contributed by atoms with Crippen molar-refractivity contribution < 1.29 is 14.3 Å². The molecule has 2 aromatic rings. The van der Waals surface area contributed by atoms with Crippen molar-refractivity contribution in [3.05, 3.63) is 24.0 Å². The molecule has 0 aromatic carbocycles. The van der Waals surface area contributed by atoms with Crippen LogP contribution in [0.2, 0.25) is 0 Å². The highest BCUT2D eigenvalue weighted by Gasteiger charge is 2.26. The number of nitrogens with one attached hydrogen (secondary N) is 2. The SMILES string of the molecule is COC(=O)c1c[nH]c2nccc(NC(=O)C3CCC(CN)CC3)c12. The third-order valence-corrected chi connectivity index (χ3v) is 4.79. The minimum atomic E-state index is -0.465. The zero-order valence-corrected chi connectivity index (χ0v) is 13.7. The smallest absolute Gasteiger partial charge is 0.340 e. The molecule has 0 spiro atoms. The van der Waals surface area contributed by atoms with Gasteiger partial charge in [-0.15, -0.1) is 0 Å². The number of carbonyl (C=O) groups excluding carboxylic acids is 2. The van der Waals surface area contributed by atoms with Crippen LogP contribution in [0.1, 0.15) is 36.0 Å². The van der Waals surface area contributed by atoms with E-state index in [9.17, 15) is 9.59 Å². The number of nitrogens with two attached hydrogens (primary N) is 1. The van der Waals surface area contributed by atoms with Crippen molar-refractivity contribution in [2.75, 3.05) is 19.0 Å². The Bertz CT molecular complexity index is 747. The van der Waals surface area contributed by atoms with Crippen LogP contribution in [0.4, 0.5) is 5.69 Å². The fourth-order valence-electron chi connectivity index (χ4n) is 3.33. The van der Waals surface area contributed by atoms with E-state index in [1.807, 2.05) is 0 Å². The van der Waals surface area contributed by atoms with E-state index >= 15 is 0 Å². The lowest BCUT2D eigenvalue weighted by Gasteiger charge is -2.26. The molecule has 0 aliphatic heterocycles. The number of aromatic amines is 1. The summed E-state index contributed by atoms with van der Waals surface area (Å²) in [6.07, 6.45) is 6.81. The van der Waals surface area contributed by atoms with Gasteiger partial charge >= 0.3 is 5.97 Å². The molecular weight excluding hydrogens is 308 g/mol. The first kappa shape index (κ1) is 16.4. The maximum absolute atomic E-state index is 12.6. The summed E-state index contributed by atoms with van der Waals surface area (Å²) >= 11 is 0. The highest BCUT2D eigenvalue weighted by molar-refractivity contribution is 6.11. The molecule has 0 bridgehead atoms. The summed E-state index contributed by atoms with van der Waals surface area (Å²) in [6.45, 7) is 0.686. The Morgan fingerprint density at radius 1 is 1.38 bits per heavy atom. The fourth-order valence-corrected chi connectivity index (χ4v) is 3.33. The number of hydrogen-bond acceptors (Lipinski definition) is 5. The van der Waals surface area contributed by atoms with Gasteiger partial charge in [-0.05, 0) is 44.2 Å². The number of esters is 1. The van der Waals surface area contributed by atoms with Gasteiger partial charge in [0.2, 0.25) is 5.91 Å². The van der Waals surface area contributed by atoms with E-state index in [-0.39, 0.29) is 11.8 Å². The summed E-state index contributed by atoms with van der Waals surface area (Å²) in [5, 5.41) is 3.53. The number of pyridine rings is 1. The second-order valence-corrected chi connectivity index (χ2v) is 6.22. The number of nitrogens with zero attached hydrogens (tertiary/aromatic N) is 1. The lowest BCUT2D eigenvalue weighted by atomic mass is 9.81. The van der Waals surface area contributed by atoms with Gasteiger partial charge in [-0.1, -0.05) is 0 Å². The van der Waals surface area contributed by atoms with Crippen LogP contribution in [-0.4, -0.2) is 35.5 Å². The number of anilines is 1. The van der Waals surface area contributed by atoms with E-state index in [0.717, 1.165) is 25.7 Å². The average molecular weight is 330 g/mol. The number of ether oxygens (including phenoxy) is 1. The molecule has 7 heteroatoms. The lowest BCUT2D eigenvalue weighted by molar-refractivity contribution is -0.121. The van der Waals surface area contributed by atoms with Crippen molar-refractivity contribution in [1.82, 2.24) is 9.97 Å². The first-order valence-electron chi connectivity index (χ1n) is 8.19. The van der Waals surface area contributed by atoms with Crippen LogP contribution >= 0.6 is 0 Å². The molecule has 1 aliphatic rings. The Morgan fingerprint density at radius 2 is 2.12 bits per heavy atom. The van der Waals surface area contributed by atoms with Crippen LogP contribution in [-0.2, 0) is 9.53 Å². The summed E-state index contributed by atoms with van der Waals surface area (Å²) in [6, 6.07) is 1.70. The molecule has 2 aromatic heterocycles. The van der Waals surface area contributed by atoms with Crippen molar-refractivity contribution in [3.63, 3.8) is 0 Å². The molecule has 4 N–H and O–H groups in total. The fraction of sp³-hybridized carbons (Fsp3) is 0.471. The van der Waals surface area contributed by atoms with Crippen LogP contribution in [0.25, 0.3) is 11.0 Å². The molecule has 1 fully saturated rings. The molecule has 0 saturated heterocycles. The van der Waals surface area contributed by atoms with Gasteiger partial charge in [-0.25, -0.2) is 9.78 Å². The number of rotatable bonds is 4. The van der Waals surface area contributed by atoms with E-state index in [2.05, 4.69) is 15.3 Å². The summed E-state index contributed by atoms with van der Waals surface area (Å²) in [5.41, 5.74) is 7.18. The number of aromatic nitrogens is 2. The highest BCUT2D eigenvalue weighted by Crippen LogP contribution is 2.31. The van der Waals surface area contributed by atoms with Gasteiger partial charge in [0, 0.05) is 18.3 Å². The van der Waals surface area contributed by atoms with Crippen LogP contribution in [0.15, 0.2) is 18.5 Å². The minimum Gasteiger partial charge on any atom is -0.465 e. The van der Waals surface area contributed by atoms with Crippen molar-refractivity contribution in [2.45, 2.75) is 25.7 Å². The molecule has 24 heavy (non-hydrogen) atoms. The number of hydrogen-bond donors (Lipinski definition) is 3. The van der Waals surface area contributed by atoms with E-state index < -0.39 is 5.97 Å². The Hall–Kier alpha value is -2.41. The van der Waals surface area contributed by atoms with Crippen molar-refractivity contribution in [2.24, 2.45) is 17.6 Å². The van der Waals surface area contributed by atoms with Crippen molar-refractivity contribution in [3.8, 4) is 0 Å². The quantitative estimate of drug-likeness (QED) is 0.743. The summed E-state index contributed by atoms with van der Waals surface area (Å²) in [7, 11) is 1.33. The number of methoxy groups -OCH3 is 1. The summed E-state index contributed by atoms with van der Waals surface area (Å²) in [5.74, 6) is 0.0250. The van der Waals surface area contributed by atoms with Gasteiger partial charge in [-0.2, -0.15) is 0 Å². The topological polar surface area (TPSA) is 110 Å².